The highest BCUT2D eigenvalue weighted by Crippen LogP contribution is 2.24. The predicted octanol–water partition coefficient (Wildman–Crippen LogP) is 3.66. The zero-order valence-corrected chi connectivity index (χ0v) is 16.0. The third-order valence-electron chi connectivity index (χ3n) is 4.64. The van der Waals surface area contributed by atoms with E-state index < -0.39 is 0 Å². The van der Waals surface area contributed by atoms with Gasteiger partial charge in [0.25, 0.3) is 0 Å². The normalized spacial score (nSPS) is 13.6. The molecule has 1 aliphatic carbocycles. The van der Waals surface area contributed by atoms with Gasteiger partial charge in [0.05, 0.1) is 26.4 Å². The number of anilines is 1. The second-order valence-corrected chi connectivity index (χ2v) is 6.73. The van der Waals surface area contributed by atoms with E-state index in [9.17, 15) is 0 Å². The molecule has 0 atom stereocenters. The summed E-state index contributed by atoms with van der Waals surface area (Å²) in [6.07, 6.45) is 3.58. The van der Waals surface area contributed by atoms with Crippen molar-refractivity contribution in [3.63, 3.8) is 0 Å². The number of hydrogen-bond donors (Lipinski definition) is 2. The Labute approximate surface area is 161 Å². The molecule has 0 unspecified atom stereocenters. The number of hydrogen-bond acceptors (Lipinski definition) is 3. The lowest BCUT2D eigenvalue weighted by Gasteiger charge is -2.09. The molecule has 144 valence electrons. The van der Waals surface area contributed by atoms with Gasteiger partial charge >= 0.3 is 0 Å². The molecule has 0 saturated carbocycles. The molecular weight excluding hydrogens is 338 g/mol. The first-order chi connectivity index (χ1) is 13.2. The molecule has 1 aliphatic rings. The molecule has 27 heavy (non-hydrogen) atoms. The maximum atomic E-state index is 6.06. The summed E-state index contributed by atoms with van der Waals surface area (Å²) in [4.78, 5) is 4.47. The monoisotopic (exact) mass is 367 g/mol. The average Bonchev–Trinajstić information content (AvgIpc) is 3.14. The van der Waals surface area contributed by atoms with Crippen molar-refractivity contribution in [3.05, 3.63) is 64.7 Å². The number of guanidine groups is 1. The summed E-state index contributed by atoms with van der Waals surface area (Å²) >= 11 is 0. The SMILES string of the molecule is CCOCCOCc1cccc(CN=C(N)Nc2ccc3c(c2)CCC3)c1. The first kappa shape index (κ1) is 19.4. The van der Waals surface area contributed by atoms with Gasteiger partial charge in [0.2, 0.25) is 0 Å². The van der Waals surface area contributed by atoms with Crippen LogP contribution in [0.4, 0.5) is 5.69 Å². The van der Waals surface area contributed by atoms with Crippen molar-refractivity contribution in [2.24, 2.45) is 10.7 Å². The fourth-order valence-electron chi connectivity index (χ4n) is 3.28. The lowest BCUT2D eigenvalue weighted by Crippen LogP contribution is -2.22. The van der Waals surface area contributed by atoms with Gasteiger partial charge in [-0.1, -0.05) is 30.3 Å². The fraction of sp³-hybridized carbons (Fsp3) is 0.409. The van der Waals surface area contributed by atoms with Crippen molar-refractivity contribution in [1.82, 2.24) is 0 Å². The Morgan fingerprint density at radius 1 is 1.04 bits per heavy atom. The van der Waals surface area contributed by atoms with Crippen molar-refractivity contribution in [3.8, 4) is 0 Å². The van der Waals surface area contributed by atoms with E-state index in [-0.39, 0.29) is 0 Å². The van der Waals surface area contributed by atoms with E-state index in [1.807, 2.05) is 13.0 Å². The first-order valence-electron chi connectivity index (χ1n) is 9.66. The van der Waals surface area contributed by atoms with Crippen LogP contribution in [0.15, 0.2) is 47.5 Å². The highest BCUT2D eigenvalue weighted by molar-refractivity contribution is 5.92. The van der Waals surface area contributed by atoms with E-state index in [0.29, 0.717) is 32.3 Å². The third kappa shape index (κ3) is 6.08. The molecule has 0 aliphatic heterocycles. The highest BCUT2D eigenvalue weighted by Gasteiger charge is 2.10. The molecule has 0 aromatic heterocycles. The molecular formula is C22H29N3O2. The number of ether oxygens (including phenoxy) is 2. The Balaban J connectivity index is 1.50. The Kier molecular flexibility index (Phi) is 7.25. The van der Waals surface area contributed by atoms with Gasteiger partial charge in [-0.2, -0.15) is 0 Å². The van der Waals surface area contributed by atoms with Crippen LogP contribution in [0, 0.1) is 0 Å². The highest BCUT2D eigenvalue weighted by atomic mass is 16.5. The molecule has 2 aromatic rings. The molecule has 0 amide bonds. The topological polar surface area (TPSA) is 68.9 Å². The zero-order valence-electron chi connectivity index (χ0n) is 16.0. The molecule has 0 heterocycles. The van der Waals surface area contributed by atoms with Gasteiger partial charge in [0.1, 0.15) is 0 Å². The summed E-state index contributed by atoms with van der Waals surface area (Å²) in [5, 5.41) is 3.20. The zero-order chi connectivity index (χ0) is 18.9. The molecule has 0 fully saturated rings. The van der Waals surface area contributed by atoms with Crippen LogP contribution >= 0.6 is 0 Å². The number of nitrogens with zero attached hydrogens (tertiary/aromatic N) is 1. The maximum absolute atomic E-state index is 6.06. The second-order valence-electron chi connectivity index (χ2n) is 6.73. The molecule has 0 radical (unpaired) electrons. The lowest BCUT2D eigenvalue weighted by molar-refractivity contribution is 0.0453. The molecule has 5 heteroatoms. The number of fused-ring (bicyclic) bond motifs is 1. The van der Waals surface area contributed by atoms with Crippen LogP contribution in [0.2, 0.25) is 0 Å². The molecule has 5 nitrogen and oxygen atoms in total. The number of nitrogens with two attached hydrogens (primary N) is 1. The van der Waals surface area contributed by atoms with Gasteiger partial charge in [0.15, 0.2) is 5.96 Å². The summed E-state index contributed by atoms with van der Waals surface area (Å²) in [7, 11) is 0. The maximum Gasteiger partial charge on any atom is 0.193 e. The smallest absolute Gasteiger partial charge is 0.193 e. The van der Waals surface area contributed by atoms with Crippen LogP contribution in [0.1, 0.15) is 35.6 Å². The average molecular weight is 367 g/mol. The quantitative estimate of drug-likeness (QED) is 0.403. The Morgan fingerprint density at radius 3 is 2.74 bits per heavy atom. The van der Waals surface area contributed by atoms with Crippen LogP contribution in [0.5, 0.6) is 0 Å². The van der Waals surface area contributed by atoms with Crippen molar-refractivity contribution in [1.29, 1.82) is 0 Å². The van der Waals surface area contributed by atoms with E-state index in [0.717, 1.165) is 29.8 Å². The minimum Gasteiger partial charge on any atom is -0.379 e. The molecule has 0 spiro atoms. The van der Waals surface area contributed by atoms with Crippen molar-refractivity contribution in [2.75, 3.05) is 25.1 Å². The summed E-state index contributed by atoms with van der Waals surface area (Å²) in [6, 6.07) is 14.7. The summed E-state index contributed by atoms with van der Waals surface area (Å²) in [5.41, 5.74) is 12.2. The predicted molar refractivity (Wildman–Crippen MR) is 110 cm³/mol. The molecule has 2 aromatic carbocycles. The van der Waals surface area contributed by atoms with E-state index in [1.165, 1.54) is 24.0 Å². The Morgan fingerprint density at radius 2 is 1.85 bits per heavy atom. The first-order valence-corrected chi connectivity index (χ1v) is 9.66. The minimum atomic E-state index is 0.436. The fourth-order valence-corrected chi connectivity index (χ4v) is 3.28. The molecule has 3 rings (SSSR count). The van der Waals surface area contributed by atoms with Gasteiger partial charge in [0, 0.05) is 12.3 Å². The van der Waals surface area contributed by atoms with Crippen LogP contribution in [-0.2, 0) is 35.5 Å². The van der Waals surface area contributed by atoms with Crippen molar-refractivity contribution < 1.29 is 9.47 Å². The van der Waals surface area contributed by atoms with Crippen LogP contribution in [0.3, 0.4) is 0 Å². The summed E-state index contributed by atoms with van der Waals surface area (Å²) in [5.74, 6) is 0.436. The van der Waals surface area contributed by atoms with Crippen LogP contribution < -0.4 is 11.1 Å². The van der Waals surface area contributed by atoms with Gasteiger partial charge in [-0.15, -0.1) is 0 Å². The van der Waals surface area contributed by atoms with Crippen LogP contribution in [-0.4, -0.2) is 25.8 Å². The number of aryl methyl sites for hydroxylation is 2. The van der Waals surface area contributed by atoms with Crippen molar-refractivity contribution >= 4 is 11.6 Å². The van der Waals surface area contributed by atoms with Gasteiger partial charge in [-0.3, -0.25) is 0 Å². The van der Waals surface area contributed by atoms with Gasteiger partial charge in [-0.25, -0.2) is 4.99 Å². The molecule has 0 saturated heterocycles. The third-order valence-corrected chi connectivity index (χ3v) is 4.64. The summed E-state index contributed by atoms with van der Waals surface area (Å²) in [6.45, 7) is 5.05. The Hall–Kier alpha value is -2.37. The second kappa shape index (κ2) is 10.1. The largest absolute Gasteiger partial charge is 0.379 e. The Bertz CT molecular complexity index is 774. The van der Waals surface area contributed by atoms with E-state index in [4.69, 9.17) is 15.2 Å². The lowest BCUT2D eigenvalue weighted by atomic mass is 10.1. The van der Waals surface area contributed by atoms with Crippen molar-refractivity contribution in [2.45, 2.75) is 39.3 Å². The summed E-state index contributed by atoms with van der Waals surface area (Å²) < 4.78 is 10.9. The number of rotatable bonds is 9. The van der Waals surface area contributed by atoms with Crippen LogP contribution in [0.25, 0.3) is 0 Å². The van der Waals surface area contributed by atoms with Gasteiger partial charge < -0.3 is 20.5 Å². The van der Waals surface area contributed by atoms with E-state index in [2.05, 4.69) is 46.7 Å². The molecule has 0 bridgehead atoms. The number of nitrogens with one attached hydrogen (secondary N) is 1. The van der Waals surface area contributed by atoms with Gasteiger partial charge in [-0.05, 0) is 60.6 Å². The minimum absolute atomic E-state index is 0.436. The standard InChI is InChI=1S/C22H29N3O2/c1-2-26-11-12-27-16-18-6-3-5-17(13-18)15-24-22(23)25-21-10-9-19-7-4-8-20(19)14-21/h3,5-6,9-10,13-14H,2,4,7-8,11-12,15-16H2,1H3,(H3,23,24,25). The number of aliphatic imine (C=N–C) groups is 1. The van der Waals surface area contributed by atoms with E-state index in [1.54, 1.807) is 0 Å². The molecule has 3 N–H and O–H groups in total. The van der Waals surface area contributed by atoms with E-state index >= 15 is 0 Å². The number of benzene rings is 2.